The van der Waals surface area contributed by atoms with Crippen LogP contribution in [0.1, 0.15) is 13.8 Å². The monoisotopic (exact) mass is 174 g/mol. The van der Waals surface area contributed by atoms with Gasteiger partial charge >= 0.3 is 5.92 Å². The molecule has 0 spiro atoms. The highest BCUT2D eigenvalue weighted by molar-refractivity contribution is 5.12. The third-order valence-corrected chi connectivity index (χ3v) is 1.28. The molecule has 0 heterocycles. The van der Waals surface area contributed by atoms with Gasteiger partial charge in [-0.3, -0.25) is 0 Å². The molecule has 0 aliphatic carbocycles. The molecule has 0 aliphatic rings. The molecule has 0 aromatic carbocycles. The first-order valence-corrected chi connectivity index (χ1v) is 2.84. The average Bonchev–Trinajstić information content (AvgIpc) is 1.85. The van der Waals surface area contributed by atoms with E-state index in [2.05, 4.69) is 0 Å². The van der Waals surface area contributed by atoms with Gasteiger partial charge in [0.05, 0.1) is 5.57 Å². The van der Waals surface area contributed by atoms with Crippen LogP contribution in [0.2, 0.25) is 0 Å². The summed E-state index contributed by atoms with van der Waals surface area (Å²) >= 11 is 0. The van der Waals surface area contributed by atoms with E-state index >= 15 is 0 Å². The second kappa shape index (κ2) is 3.19. The molecule has 11 heavy (non-hydrogen) atoms. The maximum absolute atomic E-state index is 12.3. The molecule has 0 rings (SSSR count). The Kier molecular flexibility index (Phi) is 3.02. The van der Waals surface area contributed by atoms with Gasteiger partial charge in [-0.05, 0) is 13.8 Å². The average molecular weight is 174 g/mol. The predicted molar refractivity (Wildman–Crippen MR) is 30.4 cm³/mol. The normalized spacial score (nSPS) is 14.5. The van der Waals surface area contributed by atoms with Gasteiger partial charge in [0.15, 0.2) is 6.17 Å². The number of halogens is 5. The van der Waals surface area contributed by atoms with Crippen LogP contribution >= 0.6 is 0 Å². The highest BCUT2D eigenvalue weighted by atomic mass is 19.3. The van der Waals surface area contributed by atoms with Gasteiger partial charge in [-0.25, -0.2) is 4.39 Å². The van der Waals surface area contributed by atoms with Crippen molar-refractivity contribution >= 4 is 0 Å². The SMILES string of the molecule is CC(=C(F)F)C(F)(F)C(C)F. The van der Waals surface area contributed by atoms with Gasteiger partial charge in [0, 0.05) is 0 Å². The van der Waals surface area contributed by atoms with Crippen molar-refractivity contribution in [1.82, 2.24) is 0 Å². The molecule has 0 aromatic rings. The zero-order chi connectivity index (χ0) is 9.23. The molecular weight excluding hydrogens is 167 g/mol. The van der Waals surface area contributed by atoms with Crippen LogP contribution in [-0.4, -0.2) is 12.1 Å². The minimum atomic E-state index is -4.06. The fraction of sp³-hybridized carbons (Fsp3) is 0.667. The molecule has 0 aromatic heterocycles. The summed E-state index contributed by atoms with van der Waals surface area (Å²) < 4.78 is 59.6. The Labute approximate surface area is 60.7 Å². The van der Waals surface area contributed by atoms with Crippen LogP contribution in [-0.2, 0) is 0 Å². The number of alkyl halides is 3. The van der Waals surface area contributed by atoms with Crippen molar-refractivity contribution in [1.29, 1.82) is 0 Å². The van der Waals surface area contributed by atoms with E-state index < -0.39 is 23.7 Å². The Hall–Kier alpha value is -0.610. The topological polar surface area (TPSA) is 0 Å². The first kappa shape index (κ1) is 10.4. The second-order valence-corrected chi connectivity index (χ2v) is 2.12. The van der Waals surface area contributed by atoms with Gasteiger partial charge < -0.3 is 0 Å². The first-order chi connectivity index (χ1) is 4.80. The van der Waals surface area contributed by atoms with Crippen LogP contribution in [0, 0.1) is 0 Å². The number of hydrogen-bond acceptors (Lipinski definition) is 0. The zero-order valence-corrected chi connectivity index (χ0v) is 5.97. The zero-order valence-electron chi connectivity index (χ0n) is 5.97. The van der Waals surface area contributed by atoms with Gasteiger partial charge in [-0.2, -0.15) is 17.6 Å². The molecule has 0 N–H and O–H groups in total. The quantitative estimate of drug-likeness (QED) is 0.564. The van der Waals surface area contributed by atoms with E-state index in [1.54, 1.807) is 0 Å². The number of allylic oxidation sites excluding steroid dienone is 1. The lowest BCUT2D eigenvalue weighted by atomic mass is 10.1. The minimum absolute atomic E-state index is 0.505. The Bertz CT molecular complexity index is 166. The minimum Gasteiger partial charge on any atom is -0.241 e. The largest absolute Gasteiger partial charge is 0.304 e. The maximum Gasteiger partial charge on any atom is 0.304 e. The van der Waals surface area contributed by atoms with Crippen molar-refractivity contribution in [2.24, 2.45) is 0 Å². The van der Waals surface area contributed by atoms with E-state index in [0.29, 0.717) is 13.8 Å². The van der Waals surface area contributed by atoms with E-state index in [4.69, 9.17) is 0 Å². The Morgan fingerprint density at radius 2 is 1.64 bits per heavy atom. The summed E-state index contributed by atoms with van der Waals surface area (Å²) in [6.45, 7) is 1.04. The van der Waals surface area contributed by atoms with Crippen molar-refractivity contribution in [3.05, 3.63) is 11.7 Å². The lowest BCUT2D eigenvalue weighted by molar-refractivity contribution is -0.0337. The molecule has 0 nitrogen and oxygen atoms in total. The van der Waals surface area contributed by atoms with Gasteiger partial charge in [-0.1, -0.05) is 0 Å². The molecule has 0 aliphatic heterocycles. The van der Waals surface area contributed by atoms with Crippen molar-refractivity contribution in [2.45, 2.75) is 25.9 Å². The molecule has 0 radical (unpaired) electrons. The molecule has 0 amide bonds. The third-order valence-electron chi connectivity index (χ3n) is 1.28. The van der Waals surface area contributed by atoms with Crippen LogP contribution in [0.25, 0.3) is 0 Å². The van der Waals surface area contributed by atoms with E-state index in [-0.39, 0.29) is 0 Å². The summed E-state index contributed by atoms with van der Waals surface area (Å²) in [5.74, 6) is -4.06. The number of hydrogen-bond donors (Lipinski definition) is 0. The van der Waals surface area contributed by atoms with E-state index in [1.165, 1.54) is 0 Å². The Morgan fingerprint density at radius 1 is 1.27 bits per heavy atom. The standard InChI is InChI=1S/C6H7F5/c1-3(5(8)9)6(10,11)4(2)7/h4H,1-2H3. The molecule has 0 saturated heterocycles. The lowest BCUT2D eigenvalue weighted by Gasteiger charge is -2.16. The Balaban J connectivity index is 4.70. The number of rotatable bonds is 2. The summed E-state index contributed by atoms with van der Waals surface area (Å²) in [5, 5.41) is 0. The van der Waals surface area contributed by atoms with Crippen molar-refractivity contribution in [2.75, 3.05) is 0 Å². The molecule has 0 bridgehead atoms. The molecular formula is C6H7F5. The molecule has 1 atom stereocenters. The summed E-state index contributed by atoms with van der Waals surface area (Å²) in [7, 11) is 0. The predicted octanol–water partition coefficient (Wildman–Crippen LogP) is 3.15. The van der Waals surface area contributed by atoms with Crippen molar-refractivity contribution in [3.63, 3.8) is 0 Å². The van der Waals surface area contributed by atoms with Crippen LogP contribution in [0.4, 0.5) is 22.0 Å². The third kappa shape index (κ3) is 2.17. The fourth-order valence-corrected chi connectivity index (χ4v) is 0.424. The molecule has 1 unspecified atom stereocenters. The molecule has 0 saturated carbocycles. The van der Waals surface area contributed by atoms with Crippen LogP contribution in [0.5, 0.6) is 0 Å². The molecule has 0 fully saturated rings. The van der Waals surface area contributed by atoms with E-state index in [1.807, 2.05) is 0 Å². The highest BCUT2D eigenvalue weighted by Crippen LogP contribution is 2.32. The van der Waals surface area contributed by atoms with Gasteiger partial charge in [0.1, 0.15) is 0 Å². The summed E-state index contributed by atoms with van der Waals surface area (Å²) in [5.41, 5.74) is -1.51. The molecule has 5 heteroatoms. The fourth-order valence-electron chi connectivity index (χ4n) is 0.424. The maximum atomic E-state index is 12.3. The van der Waals surface area contributed by atoms with E-state index in [0.717, 1.165) is 0 Å². The second-order valence-electron chi connectivity index (χ2n) is 2.12. The van der Waals surface area contributed by atoms with Crippen LogP contribution in [0.15, 0.2) is 11.7 Å². The van der Waals surface area contributed by atoms with Gasteiger partial charge in [0.2, 0.25) is 0 Å². The van der Waals surface area contributed by atoms with Crippen LogP contribution in [0.3, 0.4) is 0 Å². The van der Waals surface area contributed by atoms with Gasteiger partial charge in [0.25, 0.3) is 6.08 Å². The molecule has 66 valence electrons. The van der Waals surface area contributed by atoms with Gasteiger partial charge in [-0.15, -0.1) is 0 Å². The van der Waals surface area contributed by atoms with Crippen molar-refractivity contribution in [3.8, 4) is 0 Å². The highest BCUT2D eigenvalue weighted by Gasteiger charge is 2.41. The summed E-state index contributed by atoms with van der Waals surface area (Å²) in [4.78, 5) is 0. The first-order valence-electron chi connectivity index (χ1n) is 2.84. The van der Waals surface area contributed by atoms with Crippen molar-refractivity contribution < 1.29 is 22.0 Å². The Morgan fingerprint density at radius 3 is 1.73 bits per heavy atom. The van der Waals surface area contributed by atoms with E-state index in [9.17, 15) is 22.0 Å². The summed E-state index contributed by atoms with van der Waals surface area (Å²) in [6.07, 6.45) is -5.12. The summed E-state index contributed by atoms with van der Waals surface area (Å²) in [6, 6.07) is 0. The lowest BCUT2D eigenvalue weighted by Crippen LogP contribution is -2.29. The van der Waals surface area contributed by atoms with Crippen LogP contribution < -0.4 is 0 Å². The smallest absolute Gasteiger partial charge is 0.241 e.